The van der Waals surface area contributed by atoms with E-state index in [1.165, 1.54) is 6.42 Å². The molecule has 6 nitrogen and oxygen atoms in total. The van der Waals surface area contributed by atoms with Crippen LogP contribution in [0.3, 0.4) is 0 Å². The monoisotopic (exact) mass is 588 g/mol. The molecule has 0 saturated carbocycles. The molecule has 0 unspecified atom stereocenters. The average Bonchev–Trinajstić information content (AvgIpc) is 3.07. The Hall–Kier alpha value is -4.45. The molecule has 226 valence electrons. The molecule has 0 amide bonds. The van der Waals surface area contributed by atoms with Gasteiger partial charge in [0.2, 0.25) is 0 Å². The number of carbonyl (C=O) groups is 1. The molecule has 0 spiro atoms. The van der Waals surface area contributed by atoms with Crippen LogP contribution < -0.4 is 9.47 Å². The molecule has 44 heavy (non-hydrogen) atoms. The van der Waals surface area contributed by atoms with Gasteiger partial charge in [0.15, 0.2) is 0 Å². The maximum Gasteiger partial charge on any atom is 0.305 e. The Bertz CT molecular complexity index is 1680. The smallest absolute Gasteiger partial charge is 0.305 e. The van der Waals surface area contributed by atoms with E-state index in [9.17, 15) is 4.79 Å². The number of ether oxygens (including phenoxy) is 3. The lowest BCUT2D eigenvalue weighted by Crippen LogP contribution is -2.06. The molecule has 0 saturated heterocycles. The Labute approximate surface area is 259 Å². The topological polar surface area (TPSA) is 70.5 Å². The standard InChI is InChI=1S/C38H40N2O4/c41-36-10-6-5-9-26-43-33-21-15-29(16-22-33)35-24-18-31-12-11-30-17-23-34(39-37(30)38(31)40-35)28-13-19-32(20-14-28)42-25-7-3-1-2-4-8-27-44-36/h11-24H,1-10,25-27H2. The maximum absolute atomic E-state index is 12.0. The van der Waals surface area contributed by atoms with Gasteiger partial charge in [-0.2, -0.15) is 0 Å². The number of aromatic nitrogens is 2. The van der Waals surface area contributed by atoms with Gasteiger partial charge in [-0.1, -0.05) is 49.9 Å². The molecular weight excluding hydrogens is 548 g/mol. The van der Waals surface area contributed by atoms with Crippen molar-refractivity contribution in [3.8, 4) is 34.0 Å². The summed E-state index contributed by atoms with van der Waals surface area (Å²) in [5, 5.41) is 2.12. The third-order valence-corrected chi connectivity index (χ3v) is 8.18. The first-order valence-electron chi connectivity index (χ1n) is 16.1. The minimum atomic E-state index is -0.0895. The Kier molecular flexibility index (Phi) is 9.98. The SMILES string of the molecule is O=C1CCCCCOc2ccc(cc2)-c2ccc3ccc4ccc(nc4c3n2)-c2ccc(cc2)OCCCCCCCCO1. The van der Waals surface area contributed by atoms with Crippen LogP contribution in [0, 0.1) is 0 Å². The molecule has 0 atom stereocenters. The van der Waals surface area contributed by atoms with Crippen molar-refractivity contribution in [1.29, 1.82) is 0 Å². The van der Waals surface area contributed by atoms with E-state index < -0.39 is 0 Å². The number of fused-ring (bicyclic) bond motifs is 2. The van der Waals surface area contributed by atoms with E-state index in [1.807, 2.05) is 36.4 Å². The molecule has 3 aromatic carbocycles. The van der Waals surface area contributed by atoms with E-state index in [4.69, 9.17) is 24.2 Å². The third-order valence-electron chi connectivity index (χ3n) is 8.18. The van der Waals surface area contributed by atoms with Crippen LogP contribution in [0.1, 0.15) is 64.2 Å². The lowest BCUT2D eigenvalue weighted by atomic mass is 10.1. The minimum Gasteiger partial charge on any atom is -0.494 e. The predicted octanol–water partition coefficient (Wildman–Crippen LogP) is 9.33. The second kappa shape index (κ2) is 14.8. The van der Waals surface area contributed by atoms with Gasteiger partial charge in [0.1, 0.15) is 11.5 Å². The van der Waals surface area contributed by atoms with Crippen LogP contribution in [-0.4, -0.2) is 35.8 Å². The zero-order valence-corrected chi connectivity index (χ0v) is 25.3. The van der Waals surface area contributed by atoms with Crippen LogP contribution >= 0.6 is 0 Å². The average molecular weight is 589 g/mol. The first-order chi connectivity index (χ1) is 21.7. The van der Waals surface area contributed by atoms with Crippen molar-refractivity contribution in [1.82, 2.24) is 9.97 Å². The number of nitrogens with zero attached hydrogens (tertiary/aromatic N) is 2. The van der Waals surface area contributed by atoms with Gasteiger partial charge in [-0.3, -0.25) is 4.79 Å². The van der Waals surface area contributed by atoms with Crippen LogP contribution in [0.15, 0.2) is 84.9 Å². The highest BCUT2D eigenvalue weighted by atomic mass is 16.5. The van der Waals surface area contributed by atoms with Crippen molar-refractivity contribution >= 4 is 27.8 Å². The summed E-state index contributed by atoms with van der Waals surface area (Å²) in [6.07, 6.45) is 9.64. The molecule has 0 fully saturated rings. The highest BCUT2D eigenvalue weighted by Gasteiger charge is 2.10. The van der Waals surface area contributed by atoms with Crippen molar-refractivity contribution in [2.24, 2.45) is 0 Å². The summed E-state index contributed by atoms with van der Waals surface area (Å²) in [7, 11) is 0. The molecule has 3 aliphatic heterocycles. The molecule has 3 aliphatic rings. The summed E-state index contributed by atoms with van der Waals surface area (Å²) in [5.41, 5.74) is 5.66. The molecule has 5 aromatic rings. The Morgan fingerprint density at radius 1 is 0.432 bits per heavy atom. The Balaban J connectivity index is 1.21. The van der Waals surface area contributed by atoms with E-state index in [-0.39, 0.29) is 5.97 Å². The van der Waals surface area contributed by atoms with Gasteiger partial charge in [-0.15, -0.1) is 0 Å². The highest BCUT2D eigenvalue weighted by Crippen LogP contribution is 2.30. The summed E-state index contributed by atoms with van der Waals surface area (Å²) in [6, 6.07) is 28.9. The summed E-state index contributed by atoms with van der Waals surface area (Å²) in [4.78, 5) is 22.2. The molecule has 0 aliphatic carbocycles. The van der Waals surface area contributed by atoms with E-state index in [1.54, 1.807) is 0 Å². The number of hydrogen-bond acceptors (Lipinski definition) is 6. The molecule has 8 rings (SSSR count). The maximum atomic E-state index is 12.0. The molecule has 0 N–H and O–H groups in total. The van der Waals surface area contributed by atoms with E-state index in [0.29, 0.717) is 26.2 Å². The van der Waals surface area contributed by atoms with Gasteiger partial charge in [0, 0.05) is 28.3 Å². The number of esters is 1. The van der Waals surface area contributed by atoms with Crippen molar-refractivity contribution in [3.05, 3.63) is 84.9 Å². The molecule has 6 heteroatoms. The van der Waals surface area contributed by atoms with Gasteiger partial charge < -0.3 is 14.2 Å². The molecule has 2 aromatic heterocycles. The Morgan fingerprint density at radius 3 is 1.34 bits per heavy atom. The van der Waals surface area contributed by atoms with E-state index in [2.05, 4.69) is 48.5 Å². The summed E-state index contributed by atoms with van der Waals surface area (Å²) >= 11 is 0. The molecule has 8 bridgehead atoms. The first kappa shape index (κ1) is 29.6. The molecule has 5 heterocycles. The number of benzene rings is 3. The van der Waals surface area contributed by atoms with Crippen molar-refractivity contribution in [3.63, 3.8) is 0 Å². The van der Waals surface area contributed by atoms with Crippen molar-refractivity contribution < 1.29 is 19.0 Å². The van der Waals surface area contributed by atoms with Crippen molar-refractivity contribution in [2.45, 2.75) is 64.2 Å². The largest absolute Gasteiger partial charge is 0.494 e. The minimum absolute atomic E-state index is 0.0895. The number of pyridine rings is 2. The van der Waals surface area contributed by atoms with Gasteiger partial charge in [-0.25, -0.2) is 9.97 Å². The fourth-order valence-electron chi connectivity index (χ4n) is 5.63. The van der Waals surface area contributed by atoms with E-state index in [0.717, 1.165) is 107 Å². The summed E-state index contributed by atoms with van der Waals surface area (Å²) in [6.45, 7) is 1.85. The van der Waals surface area contributed by atoms with Crippen LogP contribution in [0.25, 0.3) is 44.3 Å². The van der Waals surface area contributed by atoms with Gasteiger partial charge in [0.25, 0.3) is 0 Å². The Morgan fingerprint density at radius 2 is 0.841 bits per heavy atom. The van der Waals surface area contributed by atoms with Crippen LogP contribution in [0.2, 0.25) is 0 Å². The highest BCUT2D eigenvalue weighted by molar-refractivity contribution is 6.04. The second-order valence-corrected chi connectivity index (χ2v) is 11.5. The number of carbonyl (C=O) groups excluding carboxylic acids is 1. The fraction of sp³-hybridized carbons (Fsp3) is 0.342. The summed E-state index contributed by atoms with van der Waals surface area (Å²) in [5.74, 6) is 1.62. The molecular formula is C38H40N2O4. The normalized spacial score (nSPS) is 16.0. The van der Waals surface area contributed by atoms with E-state index >= 15 is 0 Å². The second-order valence-electron chi connectivity index (χ2n) is 11.5. The zero-order valence-electron chi connectivity index (χ0n) is 25.3. The lowest BCUT2D eigenvalue weighted by Gasteiger charge is -2.10. The predicted molar refractivity (Wildman–Crippen MR) is 176 cm³/mol. The molecule has 0 radical (unpaired) electrons. The van der Waals surface area contributed by atoms with Gasteiger partial charge in [-0.05, 0) is 92.8 Å². The first-order valence-corrected chi connectivity index (χ1v) is 16.1. The quantitative estimate of drug-likeness (QED) is 0.133. The van der Waals surface area contributed by atoms with Crippen molar-refractivity contribution in [2.75, 3.05) is 19.8 Å². The van der Waals surface area contributed by atoms with Crippen LogP contribution in [0.5, 0.6) is 11.5 Å². The van der Waals surface area contributed by atoms with Gasteiger partial charge >= 0.3 is 5.97 Å². The zero-order chi connectivity index (χ0) is 30.0. The lowest BCUT2D eigenvalue weighted by molar-refractivity contribution is -0.143. The third kappa shape index (κ3) is 7.73. The fourth-order valence-corrected chi connectivity index (χ4v) is 5.63. The van der Waals surface area contributed by atoms with Crippen LogP contribution in [-0.2, 0) is 9.53 Å². The summed E-state index contributed by atoms with van der Waals surface area (Å²) < 4.78 is 17.4. The number of rotatable bonds is 0. The van der Waals surface area contributed by atoms with Gasteiger partial charge in [0.05, 0.1) is 42.2 Å². The number of hydrogen-bond donors (Lipinski definition) is 0. The van der Waals surface area contributed by atoms with Crippen LogP contribution in [0.4, 0.5) is 0 Å².